The van der Waals surface area contributed by atoms with Crippen LogP contribution in [-0.2, 0) is 14.8 Å². The van der Waals surface area contributed by atoms with Gasteiger partial charge in [0.05, 0.1) is 4.90 Å². The van der Waals surface area contributed by atoms with E-state index in [0.717, 1.165) is 0 Å². The first kappa shape index (κ1) is 26.8. The molecule has 0 aliphatic heterocycles. The van der Waals surface area contributed by atoms with Crippen molar-refractivity contribution in [3.05, 3.63) is 30.3 Å². The molecule has 0 bridgehead atoms. The van der Waals surface area contributed by atoms with Crippen molar-refractivity contribution >= 4 is 23.3 Å². The molecule has 1 aromatic carbocycles. The molecular weight excluding hydrogens is 361 g/mol. The van der Waals surface area contributed by atoms with Gasteiger partial charge in [0.25, 0.3) is 0 Å². The van der Waals surface area contributed by atoms with Crippen molar-refractivity contribution in [1.82, 2.24) is 0 Å². The number of carboxylic acids is 1. The Balaban J connectivity index is -0.000000266. The second kappa shape index (κ2) is 12.4. The van der Waals surface area contributed by atoms with Crippen LogP contribution < -0.4 is 61.5 Å². The van der Waals surface area contributed by atoms with Crippen molar-refractivity contribution in [2.24, 2.45) is 5.14 Å². The molecule has 0 heterocycles. The van der Waals surface area contributed by atoms with E-state index in [1.165, 1.54) is 12.1 Å². The quantitative estimate of drug-likeness (QED) is 0.361. The van der Waals surface area contributed by atoms with E-state index in [1.54, 1.807) is 18.2 Å². The zero-order chi connectivity index (χ0) is 17.3. The maximum Gasteiger partial charge on any atom is 1.00 e. The number of benzene rings is 1. The number of sulfonamides is 1. The van der Waals surface area contributed by atoms with Crippen LogP contribution in [0.5, 0.6) is 0 Å². The first-order valence-electron chi connectivity index (χ1n) is 4.68. The molecule has 5 N–H and O–H groups in total. The van der Waals surface area contributed by atoms with Crippen molar-refractivity contribution < 1.29 is 97.9 Å². The minimum absolute atomic E-state index is 0. The number of aliphatic carboxylic acids is 1. The summed E-state index contributed by atoms with van der Waals surface area (Å²) >= 11 is 0. The van der Waals surface area contributed by atoms with Gasteiger partial charge in [-0.05, 0) is 12.1 Å². The Kier molecular flexibility index (Phi) is 15.1. The SMILES string of the molecule is NS(=O)(=O)c1ccccc1.O=C(O)C(F)(F)F.[K+].[O-]B(O)O. The fraction of sp³-hybridized carbons (Fsp3) is 0.125. The predicted molar refractivity (Wildman–Crippen MR) is 61.7 cm³/mol. The zero-order valence-corrected chi connectivity index (χ0v) is 15.0. The summed E-state index contributed by atoms with van der Waals surface area (Å²) in [5, 5.41) is 34.7. The Morgan fingerprint density at radius 3 is 1.59 bits per heavy atom. The molecule has 0 saturated heterocycles. The molecule has 0 fully saturated rings. The molecule has 14 heteroatoms. The molecule has 0 aliphatic rings. The minimum atomic E-state index is -5.08. The van der Waals surface area contributed by atoms with E-state index in [2.05, 4.69) is 0 Å². The monoisotopic (exact) mass is 371 g/mol. The normalized spacial score (nSPS) is 9.95. The number of carbonyl (C=O) groups is 1. The third kappa shape index (κ3) is 18.0. The molecule has 0 aromatic heterocycles. The Morgan fingerprint density at radius 1 is 1.18 bits per heavy atom. The van der Waals surface area contributed by atoms with Crippen LogP contribution in [0.15, 0.2) is 35.2 Å². The van der Waals surface area contributed by atoms with Gasteiger partial charge in [0.2, 0.25) is 10.0 Å². The molecule has 0 spiro atoms. The van der Waals surface area contributed by atoms with Gasteiger partial charge >= 0.3 is 70.9 Å². The Bertz CT molecular complexity index is 524. The first-order chi connectivity index (χ1) is 9.28. The number of nitrogens with two attached hydrogens (primary N) is 1. The van der Waals surface area contributed by atoms with Crippen LogP contribution in [0.2, 0.25) is 0 Å². The summed E-state index contributed by atoms with van der Waals surface area (Å²) in [6.45, 7) is 0. The number of halogens is 3. The van der Waals surface area contributed by atoms with Gasteiger partial charge in [0, 0.05) is 0 Å². The van der Waals surface area contributed by atoms with Crippen molar-refractivity contribution in [3.8, 4) is 0 Å². The number of rotatable bonds is 1. The van der Waals surface area contributed by atoms with Gasteiger partial charge in [0.15, 0.2) is 0 Å². The fourth-order valence-corrected chi connectivity index (χ4v) is 1.15. The van der Waals surface area contributed by atoms with E-state index in [-0.39, 0.29) is 56.3 Å². The number of carboxylic acid groups (broad SMARTS) is 1. The van der Waals surface area contributed by atoms with Crippen molar-refractivity contribution in [1.29, 1.82) is 0 Å². The van der Waals surface area contributed by atoms with Gasteiger partial charge in [0.1, 0.15) is 0 Å². The smallest absolute Gasteiger partial charge is 0.832 e. The van der Waals surface area contributed by atoms with Gasteiger partial charge in [-0.2, -0.15) is 13.2 Å². The molecule has 22 heavy (non-hydrogen) atoms. The van der Waals surface area contributed by atoms with Gasteiger partial charge in [-0.3, -0.25) is 0 Å². The number of primary sulfonamides is 1. The van der Waals surface area contributed by atoms with E-state index in [4.69, 9.17) is 30.1 Å². The predicted octanol–water partition coefficient (Wildman–Crippen LogP) is -4.71. The Morgan fingerprint density at radius 2 is 1.45 bits per heavy atom. The van der Waals surface area contributed by atoms with Crippen LogP contribution in [0.1, 0.15) is 0 Å². The summed E-state index contributed by atoms with van der Waals surface area (Å²) in [7, 11) is -5.92. The molecule has 0 radical (unpaired) electrons. The van der Waals surface area contributed by atoms with Crippen molar-refractivity contribution in [2.75, 3.05) is 0 Å². The van der Waals surface area contributed by atoms with Crippen LogP contribution in [0.25, 0.3) is 0 Å². The van der Waals surface area contributed by atoms with Crippen molar-refractivity contribution in [3.63, 3.8) is 0 Å². The van der Waals surface area contributed by atoms with E-state index >= 15 is 0 Å². The third-order valence-corrected chi connectivity index (χ3v) is 2.24. The molecule has 0 unspecified atom stereocenters. The van der Waals surface area contributed by atoms with E-state index < -0.39 is 29.5 Å². The van der Waals surface area contributed by atoms with Gasteiger partial charge < -0.3 is 20.2 Å². The third-order valence-electron chi connectivity index (χ3n) is 1.31. The molecule has 1 aromatic rings. The first-order valence-corrected chi connectivity index (χ1v) is 6.23. The van der Waals surface area contributed by atoms with Crippen molar-refractivity contribution in [2.45, 2.75) is 11.1 Å². The number of alkyl halides is 3. The molecule has 1 rings (SSSR count). The van der Waals surface area contributed by atoms with E-state index in [0.29, 0.717) is 0 Å². The number of hydrogen-bond donors (Lipinski definition) is 4. The van der Waals surface area contributed by atoms with Crippen LogP contribution in [0.3, 0.4) is 0 Å². The standard InChI is InChI=1S/C6H7NO2S.C2HF3O2.BH2O3.K/c7-10(8,9)6-4-2-1-3-5-6;3-2(4,5)1(6)7;2-1(3)4;/h1-5H,(H2,7,8,9);(H,6,7);2-3H;/q;;-1;+1. The average molecular weight is 371 g/mol. The summed E-state index contributed by atoms with van der Waals surface area (Å²) in [6, 6.07) is 7.89. The fourth-order valence-electron chi connectivity index (χ4n) is 0.610. The Hall–Kier alpha value is -0.0287. The summed E-state index contributed by atoms with van der Waals surface area (Å²) in [5.41, 5.74) is 0. The molecule has 8 nitrogen and oxygen atoms in total. The summed E-state index contributed by atoms with van der Waals surface area (Å²) in [6.07, 6.45) is -5.08. The van der Waals surface area contributed by atoms with Crippen LogP contribution in [0.4, 0.5) is 13.2 Å². The van der Waals surface area contributed by atoms with Crippen LogP contribution in [0, 0.1) is 0 Å². The average Bonchev–Trinajstić information content (AvgIpc) is 2.27. The number of hydrogen-bond acceptors (Lipinski definition) is 6. The molecule has 0 aliphatic carbocycles. The van der Waals surface area contributed by atoms with E-state index in [9.17, 15) is 21.6 Å². The molecule has 120 valence electrons. The molecule has 0 saturated carbocycles. The molecule has 0 amide bonds. The zero-order valence-electron chi connectivity index (χ0n) is 11.1. The largest absolute Gasteiger partial charge is 1.00 e. The molecular formula is C8H10BF3KNO7S. The second-order valence-electron chi connectivity index (χ2n) is 2.99. The maximum atomic E-state index is 10.6. The summed E-state index contributed by atoms with van der Waals surface area (Å²) in [5.74, 6) is -2.76. The van der Waals surface area contributed by atoms with Crippen LogP contribution >= 0.6 is 0 Å². The summed E-state index contributed by atoms with van der Waals surface area (Å²) < 4.78 is 53.0. The van der Waals surface area contributed by atoms with E-state index in [1.807, 2.05) is 0 Å². The molecule has 0 atom stereocenters. The van der Waals surface area contributed by atoms with Gasteiger partial charge in [-0.1, -0.05) is 18.2 Å². The topological polar surface area (TPSA) is 161 Å². The van der Waals surface area contributed by atoms with Gasteiger partial charge in [-0.25, -0.2) is 18.4 Å². The maximum absolute atomic E-state index is 10.6. The minimum Gasteiger partial charge on any atom is -0.832 e. The summed E-state index contributed by atoms with van der Waals surface area (Å²) in [4.78, 5) is 9.04. The van der Waals surface area contributed by atoms with Gasteiger partial charge in [-0.15, -0.1) is 0 Å². The second-order valence-corrected chi connectivity index (χ2v) is 4.55. The van der Waals surface area contributed by atoms with Crippen LogP contribution in [-0.4, -0.2) is 43.0 Å². The Labute approximate surface area is 166 Å².